The Morgan fingerprint density at radius 3 is 2.17 bits per heavy atom. The van der Waals surface area contributed by atoms with Crippen molar-refractivity contribution in [3.05, 3.63) is 72.3 Å². The van der Waals surface area contributed by atoms with Crippen LogP contribution in [0.5, 0.6) is 0 Å². The normalized spacial score (nSPS) is 27.1. The molecule has 1 saturated heterocycles. The standard InChI is InChI=1S/C36H50O4Si/c1-28(22-25-39-33-20-14-15-24-38-33)21-23-36(37)29(2)26-30(27-35(36,6)7)40-41(34(3,4)5,31-16-10-8-11-17-31)32-18-12-9-13-19-32/h8-13,16-19,22,29-30,33,37H,14-15,20,24-27H2,1-7H3/b28-22+/t29-,30+,33?,36+/m0/s1. The Morgan fingerprint density at radius 2 is 1.66 bits per heavy atom. The number of rotatable bonds is 7. The molecule has 2 aromatic carbocycles. The second-order valence-electron chi connectivity index (χ2n) is 13.7. The minimum Gasteiger partial charge on any atom is -0.404 e. The first-order valence-corrected chi connectivity index (χ1v) is 17.2. The Kier molecular flexibility index (Phi) is 10.0. The highest BCUT2D eigenvalue weighted by Crippen LogP contribution is 2.49. The molecule has 1 aliphatic heterocycles. The Labute approximate surface area is 249 Å². The molecule has 4 atom stereocenters. The van der Waals surface area contributed by atoms with Crippen molar-refractivity contribution in [1.29, 1.82) is 0 Å². The predicted octanol–water partition coefficient (Wildman–Crippen LogP) is 6.61. The third-order valence-electron chi connectivity index (χ3n) is 9.12. The van der Waals surface area contributed by atoms with Crippen LogP contribution in [-0.4, -0.2) is 44.6 Å². The molecule has 2 aromatic rings. The van der Waals surface area contributed by atoms with Crippen LogP contribution in [0.15, 0.2) is 72.3 Å². The van der Waals surface area contributed by atoms with Gasteiger partial charge in [-0.05, 0) is 72.0 Å². The Balaban J connectivity index is 1.57. The fourth-order valence-electron chi connectivity index (χ4n) is 6.73. The lowest BCUT2D eigenvalue weighted by atomic mass is 9.60. The van der Waals surface area contributed by atoms with E-state index in [0.717, 1.165) is 44.3 Å². The maximum Gasteiger partial charge on any atom is 0.261 e. The zero-order valence-electron chi connectivity index (χ0n) is 26.2. The topological polar surface area (TPSA) is 47.9 Å². The molecular weight excluding hydrogens is 524 g/mol. The molecule has 1 unspecified atom stereocenters. The van der Waals surface area contributed by atoms with Gasteiger partial charge in [-0.3, -0.25) is 0 Å². The molecular formula is C36H50O4Si. The minimum atomic E-state index is -2.69. The van der Waals surface area contributed by atoms with Crippen molar-refractivity contribution < 1.29 is 19.0 Å². The summed E-state index contributed by atoms with van der Waals surface area (Å²) >= 11 is 0. The molecule has 4 rings (SSSR count). The summed E-state index contributed by atoms with van der Waals surface area (Å²) < 4.78 is 19.0. The SMILES string of the molecule is C/C(C#C[C@@]1(O)[C@@H](C)C[C@@H](O[Si](c2ccccc2)(c2ccccc2)C(C)(C)C)CC1(C)C)=C\COC1CCCCO1. The monoisotopic (exact) mass is 574 g/mol. The van der Waals surface area contributed by atoms with Crippen LogP contribution in [0.25, 0.3) is 0 Å². The molecule has 2 aliphatic rings. The zero-order valence-corrected chi connectivity index (χ0v) is 27.2. The summed E-state index contributed by atoms with van der Waals surface area (Å²) in [6.07, 6.45) is 6.57. The molecule has 41 heavy (non-hydrogen) atoms. The molecule has 1 heterocycles. The summed E-state index contributed by atoms with van der Waals surface area (Å²) in [4.78, 5) is 0. The van der Waals surface area contributed by atoms with Crippen molar-refractivity contribution in [1.82, 2.24) is 0 Å². The number of hydrogen-bond donors (Lipinski definition) is 1. The van der Waals surface area contributed by atoms with Crippen LogP contribution in [0.3, 0.4) is 0 Å². The first-order valence-electron chi connectivity index (χ1n) is 15.3. The highest BCUT2D eigenvalue weighted by atomic mass is 28.4. The second-order valence-corrected chi connectivity index (χ2v) is 17.9. The molecule has 0 spiro atoms. The van der Waals surface area contributed by atoms with Gasteiger partial charge in [-0.1, -0.05) is 114 Å². The molecule has 2 fully saturated rings. The molecule has 1 saturated carbocycles. The summed E-state index contributed by atoms with van der Waals surface area (Å²) in [5.41, 5.74) is -0.677. The Hall–Kier alpha value is -2.20. The number of hydrogen-bond acceptors (Lipinski definition) is 4. The molecule has 5 heteroatoms. The molecule has 4 nitrogen and oxygen atoms in total. The van der Waals surface area contributed by atoms with Crippen molar-refractivity contribution in [2.24, 2.45) is 11.3 Å². The van der Waals surface area contributed by atoms with Crippen LogP contribution < -0.4 is 10.4 Å². The van der Waals surface area contributed by atoms with E-state index in [9.17, 15) is 5.11 Å². The molecule has 0 amide bonds. The summed E-state index contributed by atoms with van der Waals surface area (Å²) in [6, 6.07) is 21.6. The number of aliphatic hydroxyl groups is 1. The van der Waals surface area contributed by atoms with Crippen LogP contribution in [0.2, 0.25) is 5.04 Å². The van der Waals surface area contributed by atoms with Gasteiger partial charge in [0.2, 0.25) is 0 Å². The molecule has 0 radical (unpaired) electrons. The van der Waals surface area contributed by atoms with Crippen molar-refractivity contribution in [3.8, 4) is 11.8 Å². The first-order chi connectivity index (χ1) is 19.4. The average molecular weight is 575 g/mol. The van der Waals surface area contributed by atoms with Crippen LogP contribution >= 0.6 is 0 Å². The summed E-state index contributed by atoms with van der Waals surface area (Å²) in [5, 5.41) is 14.5. The van der Waals surface area contributed by atoms with Crippen molar-refractivity contribution in [2.45, 2.75) is 104 Å². The van der Waals surface area contributed by atoms with Gasteiger partial charge in [-0.2, -0.15) is 0 Å². The van der Waals surface area contributed by atoms with Gasteiger partial charge in [-0.15, -0.1) is 0 Å². The van der Waals surface area contributed by atoms with E-state index in [4.69, 9.17) is 13.9 Å². The summed E-state index contributed by atoms with van der Waals surface area (Å²) in [6.45, 7) is 16.6. The van der Waals surface area contributed by atoms with Crippen LogP contribution in [-0.2, 0) is 13.9 Å². The van der Waals surface area contributed by atoms with Crippen LogP contribution in [0.1, 0.15) is 80.6 Å². The molecule has 1 N–H and O–H groups in total. The Morgan fingerprint density at radius 1 is 1.05 bits per heavy atom. The van der Waals surface area contributed by atoms with Gasteiger partial charge in [0.05, 0.1) is 6.61 Å². The van der Waals surface area contributed by atoms with E-state index >= 15 is 0 Å². The Bertz CT molecular complexity index is 1180. The predicted molar refractivity (Wildman–Crippen MR) is 171 cm³/mol. The third-order valence-corrected chi connectivity index (χ3v) is 14.2. The summed E-state index contributed by atoms with van der Waals surface area (Å²) in [7, 11) is -2.69. The average Bonchev–Trinajstić information content (AvgIpc) is 2.94. The van der Waals surface area contributed by atoms with E-state index in [1.54, 1.807) is 0 Å². The third kappa shape index (κ3) is 6.90. The molecule has 0 bridgehead atoms. The van der Waals surface area contributed by atoms with E-state index in [1.165, 1.54) is 10.4 Å². The highest BCUT2D eigenvalue weighted by molar-refractivity contribution is 6.99. The van der Waals surface area contributed by atoms with Gasteiger partial charge in [0, 0.05) is 18.1 Å². The van der Waals surface area contributed by atoms with Crippen molar-refractivity contribution in [3.63, 3.8) is 0 Å². The highest BCUT2D eigenvalue weighted by Gasteiger charge is 2.56. The number of ether oxygens (including phenoxy) is 2. The van der Waals surface area contributed by atoms with Gasteiger partial charge in [-0.25, -0.2) is 0 Å². The lowest BCUT2D eigenvalue weighted by Crippen LogP contribution is -2.69. The minimum absolute atomic E-state index is 0.00825. The largest absolute Gasteiger partial charge is 0.404 e. The van der Waals surface area contributed by atoms with E-state index < -0.39 is 19.3 Å². The molecule has 1 aliphatic carbocycles. The van der Waals surface area contributed by atoms with Gasteiger partial charge in [0.1, 0.15) is 5.60 Å². The maximum absolute atomic E-state index is 12.1. The van der Waals surface area contributed by atoms with Gasteiger partial charge >= 0.3 is 0 Å². The van der Waals surface area contributed by atoms with Gasteiger partial charge in [0.15, 0.2) is 6.29 Å². The second kappa shape index (κ2) is 13.0. The number of benzene rings is 2. The van der Waals surface area contributed by atoms with E-state index in [-0.39, 0.29) is 23.4 Å². The van der Waals surface area contributed by atoms with Crippen LogP contribution in [0.4, 0.5) is 0 Å². The fourth-order valence-corrected chi connectivity index (χ4v) is 11.4. The van der Waals surface area contributed by atoms with E-state index in [2.05, 4.69) is 114 Å². The van der Waals surface area contributed by atoms with Crippen LogP contribution in [0, 0.1) is 23.2 Å². The number of allylic oxidation sites excluding steroid dienone is 1. The van der Waals surface area contributed by atoms with Gasteiger partial charge in [0.25, 0.3) is 8.32 Å². The smallest absolute Gasteiger partial charge is 0.261 e. The lowest BCUT2D eigenvalue weighted by Gasteiger charge is -2.53. The molecule has 222 valence electrons. The van der Waals surface area contributed by atoms with E-state index in [1.807, 2.05) is 13.0 Å². The van der Waals surface area contributed by atoms with Gasteiger partial charge < -0.3 is 19.0 Å². The first kappa shape index (κ1) is 31.7. The lowest BCUT2D eigenvalue weighted by molar-refractivity contribution is -0.155. The quantitative estimate of drug-likeness (QED) is 0.299. The fraction of sp³-hybridized carbons (Fsp3) is 0.556. The van der Waals surface area contributed by atoms with Crippen molar-refractivity contribution in [2.75, 3.05) is 13.2 Å². The van der Waals surface area contributed by atoms with E-state index in [0.29, 0.717) is 6.61 Å². The zero-order chi connectivity index (χ0) is 29.7. The molecule has 0 aromatic heterocycles. The summed E-state index contributed by atoms with van der Waals surface area (Å²) in [5.74, 6) is 6.52. The van der Waals surface area contributed by atoms with Crippen molar-refractivity contribution >= 4 is 18.7 Å². The maximum atomic E-state index is 12.1.